The Labute approximate surface area is 257 Å². The van der Waals surface area contributed by atoms with Gasteiger partial charge in [0.2, 0.25) is 5.91 Å². The molecule has 1 aromatic rings. The molecule has 0 aromatic heterocycles. The fraction of sp³-hybridized carbons (Fsp3) is 0.594. The number of hydrazone groups is 1. The van der Waals surface area contributed by atoms with E-state index in [1.165, 1.54) is 19.2 Å². The zero-order valence-corrected chi connectivity index (χ0v) is 25.8. The standard InChI is InChI=1S/C32H40BFN2O8/c1-7-30(5)14-25(44-26(39)16-42-22-9-8-21-15-35-36(20(4)38)33(41)23(21)12-22)31(6)18(2)10-11-32(19(3)29(30)43-17-37)13-24(34)27(40)28(31)32/h7-9,12,15,17-19,24-25,28-29,41H,1,10-11,13-14,16H2,2-6H3/t18-,19+,24+,25-,28+,29+,30-,31+,32+/m1/s1. The third kappa shape index (κ3) is 4.85. The molecule has 44 heavy (non-hydrogen) atoms. The van der Waals surface area contributed by atoms with E-state index in [0.717, 1.165) is 4.92 Å². The number of ketones is 1. The quantitative estimate of drug-likeness (QED) is 0.216. The number of esters is 1. The molecule has 0 saturated heterocycles. The largest absolute Gasteiger partial charge is 0.482 e. The van der Waals surface area contributed by atoms with Crippen LogP contribution in [0.25, 0.3) is 0 Å². The number of carbonyl (C=O) groups is 4. The van der Waals surface area contributed by atoms with E-state index in [4.69, 9.17) is 14.2 Å². The molecule has 3 saturated carbocycles. The highest BCUT2D eigenvalue weighted by molar-refractivity contribution is 6.67. The molecular formula is C32H40BFN2O8. The van der Waals surface area contributed by atoms with Gasteiger partial charge in [-0.3, -0.25) is 14.4 Å². The predicted octanol–water partition coefficient (Wildman–Crippen LogP) is 2.98. The second-order valence-corrected chi connectivity index (χ2v) is 13.4. The third-order valence-corrected chi connectivity index (χ3v) is 11.3. The second-order valence-electron chi connectivity index (χ2n) is 13.4. The van der Waals surface area contributed by atoms with Crippen LogP contribution in [0.2, 0.25) is 0 Å². The Morgan fingerprint density at radius 2 is 2.00 bits per heavy atom. The SMILES string of the molecule is C=C[C@]1(C)C[C@@H](OC(=O)COc2ccc3c(c2)B(O)N(C(C)=O)N=C3)[C@]2(C)[C@H](C)CC[C@]3(C[C@H](F)C(=O)[C@H]32)[C@@H](C)[C@@H]1OC=O. The number of amides is 1. The first-order chi connectivity index (χ1) is 20.7. The smallest absolute Gasteiger partial charge is 0.474 e. The van der Waals surface area contributed by atoms with Gasteiger partial charge < -0.3 is 19.2 Å². The molecule has 10 nitrogen and oxygen atoms in total. The number of halogens is 1. The number of hydrogen-bond donors (Lipinski definition) is 1. The number of rotatable bonds is 7. The lowest BCUT2D eigenvalue weighted by molar-refractivity contribution is -0.211. The Bertz CT molecular complexity index is 1410. The molecule has 1 amide bonds. The zero-order valence-electron chi connectivity index (χ0n) is 25.8. The van der Waals surface area contributed by atoms with E-state index in [1.54, 1.807) is 18.2 Å². The first-order valence-corrected chi connectivity index (χ1v) is 15.1. The van der Waals surface area contributed by atoms with E-state index in [1.807, 2.05) is 27.7 Å². The molecule has 0 spiro atoms. The number of hydrogen-bond acceptors (Lipinski definition) is 9. The zero-order chi connectivity index (χ0) is 32.2. The van der Waals surface area contributed by atoms with Gasteiger partial charge in [0.25, 0.3) is 6.47 Å². The molecule has 0 radical (unpaired) electrons. The van der Waals surface area contributed by atoms with Crippen LogP contribution >= 0.6 is 0 Å². The maximum Gasteiger partial charge on any atom is 0.474 e. The van der Waals surface area contributed by atoms with E-state index in [2.05, 4.69) is 11.7 Å². The summed E-state index contributed by atoms with van der Waals surface area (Å²) in [6, 6.07) is 4.79. The van der Waals surface area contributed by atoms with Crippen LogP contribution in [-0.4, -0.2) is 72.3 Å². The fourth-order valence-electron chi connectivity index (χ4n) is 8.65. The minimum Gasteiger partial charge on any atom is -0.482 e. The highest BCUT2D eigenvalue weighted by Gasteiger charge is 2.71. The summed E-state index contributed by atoms with van der Waals surface area (Å²) in [5.74, 6) is -2.51. The molecule has 1 heterocycles. The van der Waals surface area contributed by atoms with Crippen molar-refractivity contribution in [3.05, 3.63) is 36.4 Å². The summed E-state index contributed by atoms with van der Waals surface area (Å²) in [7, 11) is -1.31. The number of ether oxygens (including phenoxy) is 3. The number of nitrogens with zero attached hydrogens (tertiary/aromatic N) is 2. The molecule has 4 aliphatic rings. The van der Waals surface area contributed by atoms with Crippen molar-refractivity contribution in [2.45, 2.75) is 78.7 Å². The van der Waals surface area contributed by atoms with Crippen LogP contribution in [0, 0.1) is 34.0 Å². The molecule has 3 fully saturated rings. The molecule has 9 atom stereocenters. The number of alkyl halides is 1. The molecule has 12 heteroatoms. The maximum atomic E-state index is 15.4. The molecule has 5 rings (SSSR count). The van der Waals surface area contributed by atoms with E-state index in [-0.39, 0.29) is 30.4 Å². The number of Topliss-reactive ketones (excluding diaryl/α,β-unsaturated/α-hetero) is 1. The first-order valence-electron chi connectivity index (χ1n) is 15.1. The van der Waals surface area contributed by atoms with Crippen molar-refractivity contribution in [3.63, 3.8) is 0 Å². The lowest BCUT2D eigenvalue weighted by atomic mass is 9.44. The molecule has 236 valence electrons. The van der Waals surface area contributed by atoms with Gasteiger partial charge in [-0.2, -0.15) is 5.10 Å². The van der Waals surface area contributed by atoms with Gasteiger partial charge in [-0.1, -0.05) is 39.8 Å². The maximum absolute atomic E-state index is 15.4. The number of carbonyl (C=O) groups excluding carboxylic acids is 4. The minimum absolute atomic E-state index is 0.0334. The van der Waals surface area contributed by atoms with Gasteiger partial charge in [0.05, 0.1) is 6.21 Å². The summed E-state index contributed by atoms with van der Waals surface area (Å²) < 4.78 is 33.1. The topological polar surface area (TPSA) is 132 Å². The molecular weight excluding hydrogens is 570 g/mol. The van der Waals surface area contributed by atoms with Crippen LogP contribution in [-0.2, 0) is 28.7 Å². The van der Waals surface area contributed by atoms with Gasteiger partial charge >= 0.3 is 13.0 Å². The molecule has 1 aliphatic heterocycles. The molecule has 1 aromatic carbocycles. The van der Waals surface area contributed by atoms with Crippen molar-refractivity contribution < 1.29 is 42.8 Å². The van der Waals surface area contributed by atoms with Gasteiger partial charge in [-0.15, -0.1) is 6.58 Å². The predicted molar refractivity (Wildman–Crippen MR) is 160 cm³/mol. The van der Waals surface area contributed by atoms with E-state index < -0.39 is 71.9 Å². The van der Waals surface area contributed by atoms with Crippen LogP contribution in [0.5, 0.6) is 5.75 Å². The van der Waals surface area contributed by atoms with Crippen molar-refractivity contribution in [3.8, 4) is 5.75 Å². The highest BCUT2D eigenvalue weighted by Crippen LogP contribution is 2.68. The van der Waals surface area contributed by atoms with Crippen molar-refractivity contribution in [1.82, 2.24) is 4.92 Å². The van der Waals surface area contributed by atoms with E-state index in [9.17, 15) is 24.2 Å². The van der Waals surface area contributed by atoms with Crippen LogP contribution in [0.15, 0.2) is 36.0 Å². The van der Waals surface area contributed by atoms with Crippen LogP contribution in [0.4, 0.5) is 4.39 Å². The molecule has 2 bridgehead atoms. The summed E-state index contributed by atoms with van der Waals surface area (Å²) in [4.78, 5) is 51.6. The van der Waals surface area contributed by atoms with Gasteiger partial charge in [-0.05, 0) is 60.2 Å². The average Bonchev–Trinajstić information content (AvgIpc) is 3.26. The van der Waals surface area contributed by atoms with Crippen LogP contribution in [0.1, 0.15) is 65.9 Å². The Morgan fingerprint density at radius 3 is 2.66 bits per heavy atom. The fourth-order valence-corrected chi connectivity index (χ4v) is 8.65. The van der Waals surface area contributed by atoms with Crippen molar-refractivity contribution in [2.24, 2.45) is 39.1 Å². The van der Waals surface area contributed by atoms with Crippen molar-refractivity contribution >= 4 is 42.9 Å². The van der Waals surface area contributed by atoms with Gasteiger partial charge in [0, 0.05) is 29.6 Å². The van der Waals surface area contributed by atoms with Crippen LogP contribution < -0.4 is 10.2 Å². The summed E-state index contributed by atoms with van der Waals surface area (Å²) in [6.07, 6.45) is 1.46. The van der Waals surface area contributed by atoms with E-state index >= 15 is 4.39 Å². The van der Waals surface area contributed by atoms with Gasteiger partial charge in [0.1, 0.15) is 18.0 Å². The number of benzene rings is 1. The summed E-state index contributed by atoms with van der Waals surface area (Å²) in [5, 5.41) is 14.6. The highest BCUT2D eigenvalue weighted by atomic mass is 19.1. The van der Waals surface area contributed by atoms with Crippen LogP contribution in [0.3, 0.4) is 0 Å². The molecule has 1 N–H and O–H groups in total. The Kier molecular flexibility index (Phi) is 8.28. The normalized spacial score (nSPS) is 37.7. The Hall–Kier alpha value is -3.54. The molecule has 0 unspecified atom stereocenters. The summed E-state index contributed by atoms with van der Waals surface area (Å²) in [6.45, 7) is 13.0. The van der Waals surface area contributed by atoms with E-state index in [0.29, 0.717) is 30.3 Å². The Balaban J connectivity index is 1.45. The van der Waals surface area contributed by atoms with Crippen molar-refractivity contribution in [1.29, 1.82) is 0 Å². The van der Waals surface area contributed by atoms with Gasteiger partial charge in [0.15, 0.2) is 18.6 Å². The first kappa shape index (κ1) is 31.9. The minimum atomic E-state index is -1.65. The average molecular weight is 610 g/mol. The summed E-state index contributed by atoms with van der Waals surface area (Å²) >= 11 is 0. The number of fused-ring (bicyclic) bond motifs is 1. The monoisotopic (exact) mass is 610 g/mol. The summed E-state index contributed by atoms with van der Waals surface area (Å²) in [5.41, 5.74) is -1.54. The lowest BCUT2D eigenvalue weighted by Crippen LogP contribution is -2.63. The Morgan fingerprint density at radius 1 is 1.27 bits per heavy atom. The molecule has 3 aliphatic carbocycles. The third-order valence-electron chi connectivity index (χ3n) is 11.3. The second kappa shape index (κ2) is 11.4. The van der Waals surface area contributed by atoms with Crippen molar-refractivity contribution in [2.75, 3.05) is 6.61 Å². The lowest BCUT2D eigenvalue weighted by Gasteiger charge is -2.61. The van der Waals surface area contributed by atoms with Gasteiger partial charge in [-0.25, -0.2) is 14.1 Å².